The van der Waals surface area contributed by atoms with Crippen LogP contribution in [-0.4, -0.2) is 200 Å². The third kappa shape index (κ3) is 404. The summed E-state index contributed by atoms with van der Waals surface area (Å²) in [6, 6.07) is 0. The first kappa shape index (κ1) is 63.0. The Bertz CT molecular complexity index is 215. The molecule has 22 heteroatoms. The Morgan fingerprint density at radius 2 is 0.409 bits per heavy atom. The second-order valence-corrected chi connectivity index (χ2v) is 4.02. The van der Waals surface area contributed by atoms with E-state index in [0.717, 1.165) is 0 Å². The third-order valence-electron chi connectivity index (χ3n) is 0. The minimum atomic E-state index is -5.39. The Morgan fingerprint density at radius 3 is 0.409 bits per heavy atom. The molecular formula is H2Ca5O14P3. The van der Waals surface area contributed by atoms with Gasteiger partial charge in [-0.3, -0.25) is 5.48 Å². The van der Waals surface area contributed by atoms with E-state index in [-0.39, 0.29) is 200 Å². The van der Waals surface area contributed by atoms with Gasteiger partial charge in [-0.15, -0.1) is 0 Å². The molecule has 1 radical (unpaired) electrons. The summed E-state index contributed by atoms with van der Waals surface area (Å²) in [5.74, 6) is 0. The van der Waals surface area contributed by atoms with Crippen LogP contribution in [0.4, 0.5) is 0 Å². The average molecular weight is 519 g/mol. The van der Waals surface area contributed by atoms with Crippen molar-refractivity contribution in [2.24, 2.45) is 0 Å². The topological polar surface area (TPSA) is 319 Å². The third-order valence-corrected chi connectivity index (χ3v) is 0. The monoisotopic (exact) mass is 519 g/mol. The minimum absolute atomic E-state index is 0. The van der Waals surface area contributed by atoms with Gasteiger partial charge >= 0.3 is 189 Å². The van der Waals surface area contributed by atoms with E-state index in [1.54, 1.807) is 0 Å². The molecule has 0 rings (SSSR count). The van der Waals surface area contributed by atoms with Gasteiger partial charge in [-0.1, -0.05) is 0 Å². The molecule has 0 aliphatic carbocycles. The van der Waals surface area contributed by atoms with Crippen molar-refractivity contribution in [3.05, 3.63) is 0 Å². The van der Waals surface area contributed by atoms with E-state index in [1.165, 1.54) is 0 Å². The van der Waals surface area contributed by atoms with E-state index in [0.29, 0.717) is 0 Å². The smallest absolute Gasteiger partial charge is 0.870 e. The number of hydrogen-bond donors (Lipinski definition) is 1. The molecule has 0 saturated heterocycles. The van der Waals surface area contributed by atoms with Gasteiger partial charge in [-0.25, -0.2) is 0 Å². The van der Waals surface area contributed by atoms with Crippen molar-refractivity contribution < 1.29 is 68.7 Å². The Labute approximate surface area is 274 Å². The molecule has 22 heavy (non-hydrogen) atoms. The number of phosphoric acid groups is 3. The molecule has 0 aromatic carbocycles. The van der Waals surface area contributed by atoms with Gasteiger partial charge in [0.25, 0.3) is 0 Å². The summed E-state index contributed by atoms with van der Waals surface area (Å²) in [7, 11) is -16.2. The molecule has 0 aliphatic heterocycles. The normalized spacial score (nSPS) is 8.05. The van der Waals surface area contributed by atoms with Crippen LogP contribution in [0.1, 0.15) is 0 Å². The summed E-state index contributed by atoms with van der Waals surface area (Å²) in [6.07, 6.45) is 0. The van der Waals surface area contributed by atoms with Gasteiger partial charge in [0, 0.05) is 0 Å². The van der Waals surface area contributed by atoms with Gasteiger partial charge in [0.1, 0.15) is 0 Å². The van der Waals surface area contributed by atoms with Crippen molar-refractivity contribution in [1.29, 1.82) is 0 Å². The molecule has 0 aliphatic rings. The fourth-order valence-corrected chi connectivity index (χ4v) is 0. The number of rotatable bonds is 0. The Kier molecular flexibility index (Phi) is 92.2. The maximum absolute atomic E-state index is 8.55. The van der Waals surface area contributed by atoms with Crippen molar-refractivity contribution in [3.63, 3.8) is 0 Å². The molecular weight excluding hydrogens is 517 g/mol. The Balaban J connectivity index is -0.0000000106. The van der Waals surface area contributed by atoms with E-state index in [1.807, 2.05) is 0 Å². The van der Waals surface area contributed by atoms with Gasteiger partial charge in [0.05, 0.1) is 0 Å². The minimum Gasteiger partial charge on any atom is -0.870 e. The van der Waals surface area contributed by atoms with Crippen LogP contribution in [0.3, 0.4) is 0 Å². The van der Waals surface area contributed by atoms with Crippen molar-refractivity contribution in [1.82, 2.24) is 0 Å². The molecule has 0 aromatic rings. The molecule has 0 saturated carbocycles. The number of hydrogen-bond acceptors (Lipinski definition) is 13. The molecule has 0 atom stereocenters. The van der Waals surface area contributed by atoms with Crippen LogP contribution in [0.15, 0.2) is 0 Å². The van der Waals surface area contributed by atoms with E-state index in [4.69, 9.17) is 57.7 Å². The van der Waals surface area contributed by atoms with Gasteiger partial charge in [-0.05, 0) is 0 Å². The van der Waals surface area contributed by atoms with Crippen LogP contribution in [0, 0.1) is 0 Å². The van der Waals surface area contributed by atoms with Crippen LogP contribution in [0.5, 0.6) is 0 Å². The van der Waals surface area contributed by atoms with Gasteiger partial charge in [-0.2, -0.15) is 23.5 Å². The van der Waals surface area contributed by atoms with E-state index in [2.05, 4.69) is 0 Å². The van der Waals surface area contributed by atoms with Gasteiger partial charge in [0.15, 0.2) is 0 Å². The van der Waals surface area contributed by atoms with E-state index < -0.39 is 23.5 Å². The molecule has 0 aromatic heterocycles. The zero-order valence-electron chi connectivity index (χ0n) is 10.7. The van der Waals surface area contributed by atoms with Crippen molar-refractivity contribution in [2.75, 3.05) is 0 Å². The van der Waals surface area contributed by atoms with Crippen LogP contribution >= 0.6 is 23.5 Å². The zero-order valence-corrected chi connectivity index (χ0v) is 24.4. The maximum atomic E-state index is 8.55. The SMILES string of the molecule is O=P([O-])([O-])[O-].O=P([O-])([O-])[O-].O=P([O-])([O-])[O-].[Ca+2].[Ca+2].[Ca+2].[Ca+2].[Ca+2].[OH-].[OH]. The molecule has 0 spiro atoms. The first-order valence-electron chi connectivity index (χ1n) is 2.19. The predicted molar refractivity (Wildman–Crippen MR) is 55.5 cm³/mol. The summed E-state index contributed by atoms with van der Waals surface area (Å²) in [5, 5.41) is 0. The maximum Gasteiger partial charge on any atom is 2.00 e. The molecule has 2 N–H and O–H groups in total. The first-order chi connectivity index (χ1) is 6.00. The molecule has 111 valence electrons. The van der Waals surface area contributed by atoms with Crippen molar-refractivity contribution in [3.8, 4) is 0 Å². The summed E-state index contributed by atoms with van der Waals surface area (Å²) in [4.78, 5) is 76.9. The van der Waals surface area contributed by atoms with Gasteiger partial charge < -0.3 is 63.2 Å². The molecule has 14 nitrogen and oxygen atoms in total. The second-order valence-electron chi connectivity index (χ2n) is 1.34. The van der Waals surface area contributed by atoms with Crippen LogP contribution in [0.2, 0.25) is 0 Å². The summed E-state index contributed by atoms with van der Waals surface area (Å²) < 4.78 is 25.6. The van der Waals surface area contributed by atoms with E-state index in [9.17, 15) is 0 Å². The first-order valence-corrected chi connectivity index (χ1v) is 6.57. The van der Waals surface area contributed by atoms with Crippen molar-refractivity contribution >= 4 is 212 Å². The second kappa shape index (κ2) is 32.2. The average Bonchev–Trinajstić information content (AvgIpc) is 1.41. The van der Waals surface area contributed by atoms with Crippen LogP contribution in [-0.2, 0) is 13.7 Å². The fourth-order valence-electron chi connectivity index (χ4n) is 0. The largest absolute Gasteiger partial charge is 2.00 e. The summed E-state index contributed by atoms with van der Waals surface area (Å²) in [6.45, 7) is 0. The quantitative estimate of drug-likeness (QED) is 0.230. The van der Waals surface area contributed by atoms with Crippen LogP contribution < -0.4 is 44.0 Å². The van der Waals surface area contributed by atoms with E-state index >= 15 is 0 Å². The predicted octanol–water partition coefficient (Wildman–Crippen LogP) is -10.7. The van der Waals surface area contributed by atoms with Crippen LogP contribution in [0.25, 0.3) is 0 Å². The summed E-state index contributed by atoms with van der Waals surface area (Å²) >= 11 is 0. The molecule has 0 fully saturated rings. The van der Waals surface area contributed by atoms with Crippen molar-refractivity contribution in [2.45, 2.75) is 0 Å². The zero-order chi connectivity index (χ0) is 13.5. The molecule has 0 bridgehead atoms. The Hall–Kier alpha value is 6.55. The molecule has 0 unspecified atom stereocenters. The standard InChI is InChI=1S/5Ca.3H3O4P.H2O.HO/c;;;;;3*1-5(2,3)4;;/h;;;;;3*(H3,1,2,3,4);1H2;1H/q5*+2;;;;;/p-10. The molecule has 0 heterocycles. The molecule has 0 amide bonds. The fraction of sp³-hybridized carbons (Fsp3) is 0. The Morgan fingerprint density at radius 1 is 0.409 bits per heavy atom. The van der Waals surface area contributed by atoms with Gasteiger partial charge in [0.2, 0.25) is 0 Å². The summed E-state index contributed by atoms with van der Waals surface area (Å²) in [5.41, 5.74) is 0.